The summed E-state index contributed by atoms with van der Waals surface area (Å²) in [5, 5.41) is 2.50. The summed E-state index contributed by atoms with van der Waals surface area (Å²) < 4.78 is 6.28. The first-order chi connectivity index (χ1) is 15.5. The number of nitrogens with one attached hydrogen (secondary N) is 3. The van der Waals surface area contributed by atoms with Crippen molar-refractivity contribution in [1.29, 1.82) is 0 Å². The Kier molecular flexibility index (Phi) is 8.35. The first-order valence-corrected chi connectivity index (χ1v) is 11.1. The van der Waals surface area contributed by atoms with Crippen LogP contribution in [0.5, 0.6) is 5.75 Å². The molecule has 0 aromatic heterocycles. The molecule has 8 heteroatoms. The molecule has 0 heterocycles. The van der Waals surface area contributed by atoms with Crippen LogP contribution in [-0.2, 0) is 11.2 Å². The second-order valence-corrected chi connectivity index (χ2v) is 8.07. The lowest BCUT2D eigenvalue weighted by molar-refractivity contribution is -0.123. The number of rotatable bonds is 6. The molecule has 0 aliphatic heterocycles. The van der Waals surface area contributed by atoms with Crippen LogP contribution in [0.3, 0.4) is 0 Å². The number of hydrazine groups is 1. The molecule has 0 saturated heterocycles. The second kappa shape index (κ2) is 11.4. The van der Waals surface area contributed by atoms with E-state index in [2.05, 4.69) is 39.0 Å². The molecule has 164 valence electrons. The third kappa shape index (κ3) is 6.63. The van der Waals surface area contributed by atoms with E-state index >= 15 is 0 Å². The molecule has 0 atom stereocenters. The molecule has 3 aromatic carbocycles. The Morgan fingerprint density at radius 2 is 1.62 bits per heavy atom. The lowest BCUT2D eigenvalue weighted by Gasteiger charge is -2.12. The molecule has 0 aliphatic carbocycles. The van der Waals surface area contributed by atoms with E-state index in [9.17, 15) is 9.59 Å². The maximum absolute atomic E-state index is 12.4. The van der Waals surface area contributed by atoms with Gasteiger partial charge in [0.05, 0.1) is 4.47 Å². The number of benzene rings is 3. The molecule has 3 N–H and O–H groups in total. The summed E-state index contributed by atoms with van der Waals surface area (Å²) in [6, 6.07) is 22.7. The summed E-state index contributed by atoms with van der Waals surface area (Å²) in [7, 11) is 0. The van der Waals surface area contributed by atoms with Crippen LogP contribution < -0.4 is 20.9 Å². The summed E-state index contributed by atoms with van der Waals surface area (Å²) >= 11 is 8.50. The molecule has 0 bridgehead atoms. The van der Waals surface area contributed by atoms with Gasteiger partial charge in [0.25, 0.3) is 11.8 Å². The van der Waals surface area contributed by atoms with Crippen molar-refractivity contribution in [2.45, 2.75) is 13.3 Å². The largest absolute Gasteiger partial charge is 0.483 e. The fourth-order valence-corrected chi connectivity index (χ4v) is 3.52. The van der Waals surface area contributed by atoms with Gasteiger partial charge in [0, 0.05) is 5.56 Å². The van der Waals surface area contributed by atoms with Crippen LogP contribution >= 0.6 is 28.1 Å². The van der Waals surface area contributed by atoms with Crippen LogP contribution in [0.4, 0.5) is 0 Å². The molecule has 6 nitrogen and oxygen atoms in total. The summed E-state index contributed by atoms with van der Waals surface area (Å²) in [6.07, 6.45) is 0.906. The molecular formula is C24H22BrN3O3S. The van der Waals surface area contributed by atoms with Gasteiger partial charge in [0.1, 0.15) is 5.75 Å². The van der Waals surface area contributed by atoms with Crippen molar-refractivity contribution in [3.8, 4) is 16.9 Å². The van der Waals surface area contributed by atoms with Gasteiger partial charge in [0.15, 0.2) is 11.7 Å². The van der Waals surface area contributed by atoms with E-state index < -0.39 is 5.91 Å². The molecule has 0 fully saturated rings. The zero-order valence-corrected chi connectivity index (χ0v) is 19.8. The first-order valence-electron chi connectivity index (χ1n) is 9.93. The monoisotopic (exact) mass is 511 g/mol. The van der Waals surface area contributed by atoms with Crippen LogP contribution in [0.2, 0.25) is 0 Å². The van der Waals surface area contributed by atoms with Crippen molar-refractivity contribution < 1.29 is 14.3 Å². The normalized spacial score (nSPS) is 10.2. The topological polar surface area (TPSA) is 79.5 Å². The third-order valence-electron chi connectivity index (χ3n) is 4.56. The van der Waals surface area contributed by atoms with Crippen LogP contribution in [0.25, 0.3) is 11.1 Å². The van der Waals surface area contributed by atoms with Gasteiger partial charge in [-0.25, -0.2) is 0 Å². The van der Waals surface area contributed by atoms with E-state index in [1.165, 1.54) is 0 Å². The number of ether oxygens (including phenoxy) is 1. The minimum atomic E-state index is -0.444. The van der Waals surface area contributed by atoms with E-state index in [0.29, 0.717) is 11.3 Å². The number of carbonyl (C=O) groups is 2. The van der Waals surface area contributed by atoms with Crippen molar-refractivity contribution in [2.24, 2.45) is 0 Å². The van der Waals surface area contributed by atoms with E-state index in [0.717, 1.165) is 27.6 Å². The first kappa shape index (κ1) is 23.4. The lowest BCUT2D eigenvalue weighted by Crippen LogP contribution is -2.49. The summed E-state index contributed by atoms with van der Waals surface area (Å²) in [4.78, 5) is 24.4. The quantitative estimate of drug-likeness (QED) is 0.337. The number of carbonyl (C=O) groups excluding carboxylic acids is 2. The van der Waals surface area contributed by atoms with Gasteiger partial charge in [0.2, 0.25) is 0 Å². The Hall–Kier alpha value is -3.23. The van der Waals surface area contributed by atoms with E-state index in [1.807, 2.05) is 54.6 Å². The number of hydrogen-bond acceptors (Lipinski definition) is 4. The molecule has 2 amide bonds. The second-order valence-electron chi connectivity index (χ2n) is 6.81. The van der Waals surface area contributed by atoms with Gasteiger partial charge < -0.3 is 4.74 Å². The van der Waals surface area contributed by atoms with Crippen LogP contribution in [0.1, 0.15) is 22.8 Å². The fraction of sp³-hybridized carbons (Fsp3) is 0.125. The lowest BCUT2D eigenvalue weighted by atomic mass is 10.0. The van der Waals surface area contributed by atoms with Gasteiger partial charge in [-0.1, -0.05) is 55.5 Å². The Morgan fingerprint density at radius 1 is 0.938 bits per heavy atom. The predicted molar refractivity (Wildman–Crippen MR) is 132 cm³/mol. The van der Waals surface area contributed by atoms with E-state index in [4.69, 9.17) is 17.0 Å². The molecule has 32 heavy (non-hydrogen) atoms. The minimum Gasteiger partial charge on any atom is -0.483 e. The van der Waals surface area contributed by atoms with Crippen molar-refractivity contribution in [3.05, 3.63) is 88.4 Å². The van der Waals surface area contributed by atoms with Crippen molar-refractivity contribution in [3.63, 3.8) is 0 Å². The molecule has 0 radical (unpaired) electrons. The van der Waals surface area contributed by atoms with Crippen LogP contribution in [0, 0.1) is 0 Å². The Balaban J connectivity index is 1.44. The number of thiocarbonyl (C=S) groups is 1. The van der Waals surface area contributed by atoms with Gasteiger partial charge in [-0.15, -0.1) is 0 Å². The SMILES string of the molecule is CCc1ccc(OCC(=O)NNC(=S)NC(=O)c2ccc(-c3ccccc3)cc2)c(Br)c1. The number of halogens is 1. The maximum Gasteiger partial charge on any atom is 0.276 e. The number of aryl methyl sites for hydroxylation is 1. The molecule has 0 spiro atoms. The zero-order chi connectivity index (χ0) is 22.9. The van der Waals surface area contributed by atoms with Crippen molar-refractivity contribution in [2.75, 3.05) is 6.61 Å². The van der Waals surface area contributed by atoms with Crippen molar-refractivity contribution in [1.82, 2.24) is 16.2 Å². The van der Waals surface area contributed by atoms with Gasteiger partial charge >= 0.3 is 0 Å². The van der Waals surface area contributed by atoms with Crippen molar-refractivity contribution >= 4 is 45.1 Å². The average Bonchev–Trinajstić information content (AvgIpc) is 2.82. The Labute approximate surface area is 200 Å². The van der Waals surface area contributed by atoms with Crippen LogP contribution in [0.15, 0.2) is 77.3 Å². The standard InChI is InChI=1S/C24H22BrN3O3S/c1-2-16-8-13-21(20(25)14-16)31-15-22(29)27-28-24(32)26-23(30)19-11-9-18(10-12-19)17-6-4-3-5-7-17/h3-14H,2,15H2,1H3,(H,27,29)(H2,26,28,30,32). The van der Waals surface area contributed by atoms with E-state index in [1.54, 1.807) is 18.2 Å². The predicted octanol–water partition coefficient (Wildman–Crippen LogP) is 4.39. The summed E-state index contributed by atoms with van der Waals surface area (Å²) in [5.41, 5.74) is 8.57. The smallest absolute Gasteiger partial charge is 0.276 e. The number of hydrogen-bond donors (Lipinski definition) is 3. The average molecular weight is 512 g/mol. The maximum atomic E-state index is 12.4. The molecule has 3 rings (SSSR count). The minimum absolute atomic E-state index is 0.0241. The van der Waals surface area contributed by atoms with Gasteiger partial charge in [-0.05, 0) is 75.5 Å². The molecular weight excluding hydrogens is 490 g/mol. The highest BCUT2D eigenvalue weighted by Crippen LogP contribution is 2.26. The third-order valence-corrected chi connectivity index (χ3v) is 5.38. The van der Waals surface area contributed by atoms with Gasteiger partial charge in [-0.2, -0.15) is 0 Å². The highest BCUT2D eigenvalue weighted by atomic mass is 79.9. The van der Waals surface area contributed by atoms with E-state index in [-0.39, 0.29) is 17.6 Å². The molecule has 3 aromatic rings. The summed E-state index contributed by atoms with van der Waals surface area (Å²) in [6.45, 7) is 1.84. The number of amides is 2. The van der Waals surface area contributed by atoms with Gasteiger partial charge in [-0.3, -0.25) is 25.8 Å². The zero-order valence-electron chi connectivity index (χ0n) is 17.4. The highest BCUT2D eigenvalue weighted by molar-refractivity contribution is 9.10. The van der Waals surface area contributed by atoms with Crippen LogP contribution in [-0.4, -0.2) is 23.5 Å². The molecule has 0 saturated carbocycles. The molecule has 0 aliphatic rings. The summed E-state index contributed by atoms with van der Waals surface area (Å²) in [5.74, 6) is -0.264. The Morgan fingerprint density at radius 3 is 2.28 bits per heavy atom. The highest BCUT2D eigenvalue weighted by Gasteiger charge is 2.10. The molecule has 0 unspecified atom stereocenters. The Bertz CT molecular complexity index is 1110. The fourth-order valence-electron chi connectivity index (χ4n) is 2.84.